The van der Waals surface area contributed by atoms with Crippen molar-refractivity contribution in [3.63, 3.8) is 0 Å². The highest BCUT2D eigenvalue weighted by Crippen LogP contribution is 2.41. The zero-order valence-electron chi connectivity index (χ0n) is 16.2. The molecular formula is C23H16Cl2FNO4. The van der Waals surface area contributed by atoms with Crippen LogP contribution in [0.15, 0.2) is 64.8 Å². The number of ketones is 1. The lowest BCUT2D eigenvalue weighted by Gasteiger charge is -2.24. The second kappa shape index (κ2) is 8.21. The predicted octanol–water partition coefficient (Wildman–Crippen LogP) is 5.66. The molecule has 158 valence electrons. The monoisotopic (exact) mass is 459 g/mol. The predicted molar refractivity (Wildman–Crippen MR) is 114 cm³/mol. The highest BCUT2D eigenvalue weighted by Gasteiger charge is 2.46. The number of furan rings is 1. The Hall–Kier alpha value is -3.09. The number of Topliss-reactive ketones (excluding diaryl/α,β-unsaturated/α-hetero) is 1. The van der Waals surface area contributed by atoms with Crippen molar-refractivity contribution in [2.45, 2.75) is 19.5 Å². The first-order valence-corrected chi connectivity index (χ1v) is 10.1. The third kappa shape index (κ3) is 3.84. The Kier molecular flexibility index (Phi) is 5.60. The zero-order valence-corrected chi connectivity index (χ0v) is 17.7. The molecule has 1 amide bonds. The van der Waals surface area contributed by atoms with Gasteiger partial charge in [-0.2, -0.15) is 0 Å². The molecule has 1 fully saturated rings. The Bertz CT molecular complexity index is 1220. The van der Waals surface area contributed by atoms with E-state index in [-0.39, 0.29) is 22.7 Å². The summed E-state index contributed by atoms with van der Waals surface area (Å²) in [6.45, 7) is 1.57. The van der Waals surface area contributed by atoms with Gasteiger partial charge in [-0.1, -0.05) is 41.4 Å². The second-order valence-corrected chi connectivity index (χ2v) is 7.96. The van der Waals surface area contributed by atoms with Crippen molar-refractivity contribution in [3.05, 3.63) is 98.7 Å². The number of benzene rings is 2. The van der Waals surface area contributed by atoms with Gasteiger partial charge in [0.1, 0.15) is 17.3 Å². The number of nitrogens with zero attached hydrogens (tertiary/aromatic N) is 1. The second-order valence-electron chi connectivity index (χ2n) is 7.14. The van der Waals surface area contributed by atoms with Gasteiger partial charge < -0.3 is 14.4 Å². The summed E-state index contributed by atoms with van der Waals surface area (Å²) in [6, 6.07) is 11.1. The van der Waals surface area contributed by atoms with Crippen molar-refractivity contribution in [2.75, 3.05) is 0 Å². The molecule has 0 aliphatic carbocycles. The van der Waals surface area contributed by atoms with Crippen LogP contribution >= 0.6 is 23.2 Å². The number of carbonyl (C=O) groups is 2. The first-order valence-electron chi connectivity index (χ1n) is 9.30. The fourth-order valence-corrected chi connectivity index (χ4v) is 3.84. The fraction of sp³-hybridized carbons (Fsp3) is 0.130. The lowest BCUT2D eigenvalue weighted by Crippen LogP contribution is -2.29. The van der Waals surface area contributed by atoms with Crippen molar-refractivity contribution in [2.24, 2.45) is 0 Å². The molecule has 0 bridgehead atoms. The number of halogens is 3. The van der Waals surface area contributed by atoms with Gasteiger partial charge in [0.15, 0.2) is 0 Å². The first-order chi connectivity index (χ1) is 14.8. The maximum atomic E-state index is 14.1. The van der Waals surface area contributed by atoms with E-state index >= 15 is 0 Å². The quantitative estimate of drug-likeness (QED) is 0.310. The molecule has 1 aromatic heterocycles. The van der Waals surface area contributed by atoms with E-state index < -0.39 is 29.3 Å². The van der Waals surface area contributed by atoms with Crippen LogP contribution in [-0.2, 0) is 16.1 Å². The summed E-state index contributed by atoms with van der Waals surface area (Å²) in [5.74, 6) is -2.27. The van der Waals surface area contributed by atoms with E-state index in [9.17, 15) is 19.1 Å². The smallest absolute Gasteiger partial charge is 0.296 e. The molecule has 1 aliphatic rings. The summed E-state index contributed by atoms with van der Waals surface area (Å²) in [6.07, 6.45) is 1.45. The minimum atomic E-state index is -0.968. The van der Waals surface area contributed by atoms with E-state index in [4.69, 9.17) is 27.6 Å². The van der Waals surface area contributed by atoms with Crippen LogP contribution in [0.4, 0.5) is 4.39 Å². The van der Waals surface area contributed by atoms with Crippen molar-refractivity contribution in [1.29, 1.82) is 0 Å². The highest BCUT2D eigenvalue weighted by molar-refractivity contribution is 6.46. The van der Waals surface area contributed by atoms with Gasteiger partial charge >= 0.3 is 0 Å². The molecule has 1 unspecified atom stereocenters. The normalized spacial score (nSPS) is 18.1. The number of rotatable bonds is 4. The molecule has 2 heterocycles. The molecule has 0 radical (unpaired) electrons. The molecule has 31 heavy (non-hydrogen) atoms. The Morgan fingerprint density at radius 2 is 1.90 bits per heavy atom. The summed E-state index contributed by atoms with van der Waals surface area (Å²) < 4.78 is 19.4. The third-order valence-electron chi connectivity index (χ3n) is 5.15. The summed E-state index contributed by atoms with van der Waals surface area (Å²) in [5.41, 5.74) is 0.771. The number of hydrogen-bond donors (Lipinski definition) is 1. The van der Waals surface area contributed by atoms with Crippen molar-refractivity contribution < 1.29 is 23.5 Å². The van der Waals surface area contributed by atoms with E-state index in [0.29, 0.717) is 21.9 Å². The van der Waals surface area contributed by atoms with E-state index in [2.05, 4.69) is 0 Å². The molecule has 4 rings (SSSR count). The summed E-state index contributed by atoms with van der Waals surface area (Å²) in [7, 11) is 0. The van der Waals surface area contributed by atoms with Gasteiger partial charge in [0.05, 0.1) is 34.5 Å². The van der Waals surface area contributed by atoms with Gasteiger partial charge in [-0.3, -0.25) is 9.59 Å². The van der Waals surface area contributed by atoms with E-state index in [0.717, 1.165) is 6.07 Å². The Balaban J connectivity index is 1.90. The van der Waals surface area contributed by atoms with E-state index in [1.807, 2.05) is 0 Å². The molecule has 0 saturated carbocycles. The van der Waals surface area contributed by atoms with Crippen LogP contribution in [0.25, 0.3) is 5.76 Å². The van der Waals surface area contributed by atoms with Crippen molar-refractivity contribution in [1.82, 2.24) is 4.90 Å². The minimum Gasteiger partial charge on any atom is -0.507 e. The number of aliphatic hydroxyl groups is 1. The summed E-state index contributed by atoms with van der Waals surface area (Å²) in [4.78, 5) is 27.1. The number of aryl methyl sites for hydroxylation is 1. The maximum Gasteiger partial charge on any atom is 0.296 e. The maximum absolute atomic E-state index is 14.1. The molecule has 2 aromatic carbocycles. The van der Waals surface area contributed by atoms with Gasteiger partial charge in [0.2, 0.25) is 0 Å². The standard InChI is InChI=1S/C23H16Cl2FNO4/c1-12-4-5-14(10-18(12)26)21(28)19-20(13-6-7-16(24)17(25)9-13)27(23(30)22(19)29)11-15-3-2-8-31-15/h2-10,20,28H,11H2,1H3/b21-19-. The summed E-state index contributed by atoms with van der Waals surface area (Å²) >= 11 is 12.2. The zero-order chi connectivity index (χ0) is 22.3. The SMILES string of the molecule is Cc1ccc(/C(O)=C2/C(=O)C(=O)N(Cc3ccco3)C2c2ccc(Cl)c(Cl)c2)cc1F. The Morgan fingerprint density at radius 1 is 1.13 bits per heavy atom. The van der Waals surface area contributed by atoms with Gasteiger partial charge in [-0.25, -0.2) is 4.39 Å². The lowest BCUT2D eigenvalue weighted by molar-refractivity contribution is -0.140. The average molecular weight is 460 g/mol. The highest BCUT2D eigenvalue weighted by atomic mass is 35.5. The van der Waals surface area contributed by atoms with E-state index in [1.54, 1.807) is 25.1 Å². The fourth-order valence-electron chi connectivity index (χ4n) is 3.54. The average Bonchev–Trinajstić information content (AvgIpc) is 3.34. The molecule has 3 aromatic rings. The molecule has 1 saturated heterocycles. The van der Waals surface area contributed by atoms with Crippen LogP contribution < -0.4 is 0 Å². The van der Waals surface area contributed by atoms with Crippen LogP contribution in [0, 0.1) is 12.7 Å². The van der Waals surface area contributed by atoms with Crippen LogP contribution in [0.3, 0.4) is 0 Å². The number of likely N-dealkylation sites (tertiary alicyclic amines) is 1. The van der Waals surface area contributed by atoms with Crippen LogP contribution in [0.2, 0.25) is 10.0 Å². The minimum absolute atomic E-state index is 0.0124. The topological polar surface area (TPSA) is 70.8 Å². The third-order valence-corrected chi connectivity index (χ3v) is 5.89. The Morgan fingerprint density at radius 3 is 2.55 bits per heavy atom. The number of carbonyl (C=O) groups excluding carboxylic acids is 2. The van der Waals surface area contributed by atoms with Crippen molar-refractivity contribution >= 4 is 40.7 Å². The van der Waals surface area contributed by atoms with Crippen LogP contribution in [0.1, 0.15) is 28.5 Å². The lowest BCUT2D eigenvalue weighted by atomic mass is 9.95. The first kappa shape index (κ1) is 21.2. The van der Waals surface area contributed by atoms with Gasteiger partial charge in [0.25, 0.3) is 11.7 Å². The summed E-state index contributed by atoms with van der Waals surface area (Å²) in [5, 5.41) is 11.5. The molecule has 0 spiro atoms. The number of amides is 1. The van der Waals surface area contributed by atoms with Gasteiger partial charge in [0, 0.05) is 5.56 Å². The Labute approximate surface area is 187 Å². The molecule has 1 N–H and O–H groups in total. The molecule has 1 aliphatic heterocycles. The molecule has 5 nitrogen and oxygen atoms in total. The number of aliphatic hydroxyl groups excluding tert-OH is 1. The largest absolute Gasteiger partial charge is 0.507 e. The van der Waals surface area contributed by atoms with Crippen molar-refractivity contribution in [3.8, 4) is 0 Å². The van der Waals surface area contributed by atoms with Gasteiger partial charge in [-0.05, 0) is 48.4 Å². The van der Waals surface area contributed by atoms with Crippen LogP contribution in [-0.4, -0.2) is 21.7 Å². The molecular weight excluding hydrogens is 444 g/mol. The van der Waals surface area contributed by atoms with Crippen LogP contribution in [0.5, 0.6) is 0 Å². The molecule has 8 heteroatoms. The van der Waals surface area contributed by atoms with E-state index in [1.165, 1.54) is 35.4 Å². The number of hydrogen-bond acceptors (Lipinski definition) is 4. The van der Waals surface area contributed by atoms with Gasteiger partial charge in [-0.15, -0.1) is 0 Å². The molecule has 1 atom stereocenters.